The van der Waals surface area contributed by atoms with Crippen LogP contribution in [-0.2, 0) is 0 Å². The molecule has 0 saturated carbocycles. The van der Waals surface area contributed by atoms with Crippen molar-refractivity contribution in [3.63, 3.8) is 0 Å². The van der Waals surface area contributed by atoms with Crippen molar-refractivity contribution < 1.29 is 0 Å². The summed E-state index contributed by atoms with van der Waals surface area (Å²) in [5.74, 6) is 0. The normalized spacial score (nSPS) is 10.2. The van der Waals surface area contributed by atoms with Crippen LogP contribution in [0.1, 0.15) is 12.0 Å². The fourth-order valence-electron chi connectivity index (χ4n) is 1.92. The van der Waals surface area contributed by atoms with Crippen molar-refractivity contribution in [1.82, 2.24) is 4.98 Å². The zero-order valence-corrected chi connectivity index (χ0v) is 10.1. The first kappa shape index (κ1) is 11.4. The van der Waals surface area contributed by atoms with E-state index in [2.05, 4.69) is 35.0 Å². The highest BCUT2D eigenvalue weighted by Crippen LogP contribution is 2.25. The van der Waals surface area contributed by atoms with Crippen LogP contribution in [0.3, 0.4) is 0 Å². The zero-order chi connectivity index (χ0) is 12.3. The number of nitrogens with zero attached hydrogens (tertiary/aromatic N) is 3. The van der Waals surface area contributed by atoms with Crippen LogP contribution < -0.4 is 4.90 Å². The van der Waals surface area contributed by atoms with Gasteiger partial charge in [0.2, 0.25) is 0 Å². The van der Waals surface area contributed by atoms with Crippen LogP contribution in [0.4, 0.5) is 5.69 Å². The number of fused-ring (bicyclic) bond motifs is 1. The van der Waals surface area contributed by atoms with Crippen molar-refractivity contribution >= 4 is 16.6 Å². The molecular formula is C14H15N3. The highest BCUT2D eigenvalue weighted by molar-refractivity contribution is 5.91. The molecular weight excluding hydrogens is 210 g/mol. The van der Waals surface area contributed by atoms with E-state index in [4.69, 9.17) is 5.26 Å². The Morgan fingerprint density at radius 3 is 2.94 bits per heavy atom. The van der Waals surface area contributed by atoms with Gasteiger partial charge in [0.15, 0.2) is 0 Å². The standard InChI is InChI=1S/C14H15N3/c1-11-4-5-13-12(10-11)14(6-8-16-13)17(2)9-3-7-15/h4-6,8,10H,3,9H2,1-2H3. The first-order chi connectivity index (χ1) is 8.22. The van der Waals surface area contributed by atoms with Gasteiger partial charge in [0.05, 0.1) is 18.0 Å². The summed E-state index contributed by atoms with van der Waals surface area (Å²) in [7, 11) is 2.01. The quantitative estimate of drug-likeness (QED) is 0.806. The molecule has 1 aromatic heterocycles. The maximum absolute atomic E-state index is 8.63. The largest absolute Gasteiger partial charge is 0.373 e. The van der Waals surface area contributed by atoms with Gasteiger partial charge in [0, 0.05) is 30.9 Å². The van der Waals surface area contributed by atoms with E-state index in [1.165, 1.54) is 5.56 Å². The van der Waals surface area contributed by atoms with Crippen molar-refractivity contribution in [3.8, 4) is 6.07 Å². The number of nitriles is 1. The number of aryl methyl sites for hydroxylation is 1. The molecule has 2 rings (SSSR count). The first-order valence-corrected chi connectivity index (χ1v) is 5.66. The minimum Gasteiger partial charge on any atom is -0.373 e. The second-order valence-electron chi connectivity index (χ2n) is 4.18. The molecule has 1 heterocycles. The Balaban J connectivity index is 2.46. The Bertz CT molecular complexity index is 569. The molecule has 0 amide bonds. The van der Waals surface area contributed by atoms with Crippen LogP contribution in [0, 0.1) is 18.3 Å². The Morgan fingerprint density at radius 1 is 1.35 bits per heavy atom. The van der Waals surface area contributed by atoms with E-state index in [1.54, 1.807) is 0 Å². The van der Waals surface area contributed by atoms with Gasteiger partial charge in [-0.3, -0.25) is 4.98 Å². The lowest BCUT2D eigenvalue weighted by Gasteiger charge is -2.19. The Hall–Kier alpha value is -2.08. The van der Waals surface area contributed by atoms with E-state index >= 15 is 0 Å². The van der Waals surface area contributed by atoms with Gasteiger partial charge >= 0.3 is 0 Å². The molecule has 0 spiro atoms. The molecule has 0 bridgehead atoms. The summed E-state index contributed by atoms with van der Waals surface area (Å²) >= 11 is 0. The van der Waals surface area contributed by atoms with E-state index < -0.39 is 0 Å². The maximum Gasteiger partial charge on any atom is 0.0722 e. The predicted octanol–water partition coefficient (Wildman–Crippen LogP) is 2.89. The molecule has 0 saturated heterocycles. The van der Waals surface area contributed by atoms with Crippen molar-refractivity contribution in [2.75, 3.05) is 18.5 Å². The number of hydrogen-bond donors (Lipinski definition) is 0. The highest BCUT2D eigenvalue weighted by atomic mass is 15.1. The monoisotopic (exact) mass is 225 g/mol. The minimum atomic E-state index is 0.534. The maximum atomic E-state index is 8.63. The van der Waals surface area contributed by atoms with Gasteiger partial charge in [-0.15, -0.1) is 0 Å². The second kappa shape index (κ2) is 4.84. The molecule has 3 heteroatoms. The van der Waals surface area contributed by atoms with Gasteiger partial charge in [0.1, 0.15) is 0 Å². The molecule has 0 atom stereocenters. The predicted molar refractivity (Wildman–Crippen MR) is 70.0 cm³/mol. The van der Waals surface area contributed by atoms with Gasteiger partial charge < -0.3 is 4.90 Å². The summed E-state index contributed by atoms with van der Waals surface area (Å²) in [5.41, 5.74) is 3.35. The Morgan fingerprint density at radius 2 is 2.18 bits per heavy atom. The van der Waals surface area contributed by atoms with E-state index in [1.807, 2.05) is 25.4 Å². The number of aromatic nitrogens is 1. The average molecular weight is 225 g/mol. The van der Waals surface area contributed by atoms with Crippen molar-refractivity contribution in [2.24, 2.45) is 0 Å². The average Bonchev–Trinajstić information content (AvgIpc) is 2.35. The van der Waals surface area contributed by atoms with Crippen LogP contribution in [0.15, 0.2) is 30.5 Å². The summed E-state index contributed by atoms with van der Waals surface area (Å²) in [6.45, 7) is 2.81. The van der Waals surface area contributed by atoms with Crippen LogP contribution in [0.25, 0.3) is 10.9 Å². The summed E-state index contributed by atoms with van der Waals surface area (Å²) in [6.07, 6.45) is 2.35. The van der Waals surface area contributed by atoms with Crippen LogP contribution in [0.2, 0.25) is 0 Å². The molecule has 0 unspecified atom stereocenters. The van der Waals surface area contributed by atoms with Gasteiger partial charge in [0.25, 0.3) is 0 Å². The Labute approximate surface area is 101 Å². The summed E-state index contributed by atoms with van der Waals surface area (Å²) < 4.78 is 0. The van der Waals surface area contributed by atoms with E-state index in [0.717, 1.165) is 23.1 Å². The first-order valence-electron chi connectivity index (χ1n) is 5.66. The molecule has 0 aliphatic rings. The molecule has 86 valence electrons. The summed E-state index contributed by atoms with van der Waals surface area (Å²) in [4.78, 5) is 6.46. The van der Waals surface area contributed by atoms with Crippen LogP contribution in [0.5, 0.6) is 0 Å². The van der Waals surface area contributed by atoms with Gasteiger partial charge in [-0.1, -0.05) is 11.6 Å². The fraction of sp³-hybridized carbons (Fsp3) is 0.286. The third-order valence-corrected chi connectivity index (χ3v) is 2.84. The number of pyridine rings is 1. The zero-order valence-electron chi connectivity index (χ0n) is 10.1. The Kier molecular flexibility index (Phi) is 3.24. The number of benzene rings is 1. The van der Waals surface area contributed by atoms with Crippen molar-refractivity contribution in [1.29, 1.82) is 5.26 Å². The van der Waals surface area contributed by atoms with Crippen molar-refractivity contribution in [2.45, 2.75) is 13.3 Å². The highest BCUT2D eigenvalue weighted by Gasteiger charge is 2.06. The van der Waals surface area contributed by atoms with E-state index in [-0.39, 0.29) is 0 Å². The second-order valence-corrected chi connectivity index (χ2v) is 4.18. The third-order valence-electron chi connectivity index (χ3n) is 2.84. The van der Waals surface area contributed by atoms with E-state index in [9.17, 15) is 0 Å². The lowest BCUT2D eigenvalue weighted by molar-refractivity contribution is 0.908. The van der Waals surface area contributed by atoms with E-state index in [0.29, 0.717) is 6.42 Å². The molecule has 2 aromatic rings. The molecule has 3 nitrogen and oxygen atoms in total. The fourth-order valence-corrected chi connectivity index (χ4v) is 1.92. The number of rotatable bonds is 3. The molecule has 0 fully saturated rings. The SMILES string of the molecule is Cc1ccc2nccc(N(C)CCC#N)c2c1. The lowest BCUT2D eigenvalue weighted by atomic mass is 10.1. The minimum absolute atomic E-state index is 0.534. The molecule has 0 aliphatic carbocycles. The summed E-state index contributed by atoms with van der Waals surface area (Å²) in [5, 5.41) is 9.78. The van der Waals surface area contributed by atoms with Crippen molar-refractivity contribution in [3.05, 3.63) is 36.0 Å². The topological polar surface area (TPSA) is 39.9 Å². The number of hydrogen-bond acceptors (Lipinski definition) is 3. The van der Waals surface area contributed by atoms with Gasteiger partial charge in [-0.05, 0) is 25.1 Å². The smallest absolute Gasteiger partial charge is 0.0722 e. The van der Waals surface area contributed by atoms with Gasteiger partial charge in [-0.2, -0.15) is 5.26 Å². The molecule has 0 radical (unpaired) electrons. The van der Waals surface area contributed by atoms with Crippen LogP contribution in [-0.4, -0.2) is 18.6 Å². The molecule has 1 aromatic carbocycles. The molecule has 0 aliphatic heterocycles. The molecule has 17 heavy (non-hydrogen) atoms. The number of anilines is 1. The molecule has 0 N–H and O–H groups in total. The summed E-state index contributed by atoms with van der Waals surface area (Å²) in [6, 6.07) is 10.4. The third kappa shape index (κ3) is 2.36. The lowest BCUT2D eigenvalue weighted by Crippen LogP contribution is -2.18. The van der Waals surface area contributed by atoms with Gasteiger partial charge in [-0.25, -0.2) is 0 Å². The van der Waals surface area contributed by atoms with Crippen LogP contribution >= 0.6 is 0 Å².